The molecule has 0 spiro atoms. The molecule has 4 nitrogen and oxygen atoms in total. The van der Waals surface area contributed by atoms with Gasteiger partial charge in [-0.1, -0.05) is 120 Å². The molecule has 0 aliphatic carbocycles. The Labute approximate surface area is 250 Å². The molecule has 4 rings (SSSR count). The highest BCUT2D eigenvalue weighted by atomic mass is 32.1. The van der Waals surface area contributed by atoms with Gasteiger partial charge in [0.05, 0.1) is 6.54 Å². The van der Waals surface area contributed by atoms with Crippen LogP contribution in [0.15, 0.2) is 90.3 Å². The molecule has 4 aromatic rings. The third-order valence-electron chi connectivity index (χ3n) is 7.51. The minimum atomic E-state index is -0.0781. The average molecular weight is 568 g/mol. The maximum Gasteiger partial charge on any atom is 0.270 e. The molecule has 5 heteroatoms. The average Bonchev–Trinajstić information content (AvgIpc) is 3.42. The highest BCUT2D eigenvalue weighted by molar-refractivity contribution is 7.09. The van der Waals surface area contributed by atoms with E-state index in [1.54, 1.807) is 11.3 Å². The van der Waals surface area contributed by atoms with Gasteiger partial charge in [-0.05, 0) is 53.0 Å². The van der Waals surface area contributed by atoms with Gasteiger partial charge in [0, 0.05) is 24.4 Å². The van der Waals surface area contributed by atoms with Crippen LogP contribution in [0.25, 0.3) is 0 Å². The number of carbonyl (C=O) groups excluding carboxylic acids is 1. The molecule has 1 amide bonds. The molecule has 0 radical (unpaired) electrons. The van der Waals surface area contributed by atoms with Gasteiger partial charge in [-0.15, -0.1) is 11.3 Å². The normalized spacial score (nSPS) is 11.9. The molecule has 0 fully saturated rings. The molecule has 3 aromatic carbocycles. The zero-order valence-corrected chi connectivity index (χ0v) is 26.1. The van der Waals surface area contributed by atoms with E-state index in [0.29, 0.717) is 30.6 Å². The molecule has 1 N–H and O–H groups in total. The minimum absolute atomic E-state index is 0.0781. The Hall–Kier alpha value is -3.28. The first kappa shape index (κ1) is 30.7. The molecule has 0 saturated heterocycles. The molecule has 0 unspecified atom stereocenters. The zero-order chi connectivity index (χ0) is 29.2. The third-order valence-corrected chi connectivity index (χ3v) is 8.35. The van der Waals surface area contributed by atoms with Gasteiger partial charge in [-0.2, -0.15) is 0 Å². The van der Waals surface area contributed by atoms with Crippen LogP contribution in [0.2, 0.25) is 0 Å². The Morgan fingerprint density at radius 1 is 0.854 bits per heavy atom. The topological polar surface area (TPSA) is 45.2 Å². The highest BCUT2D eigenvalue weighted by Crippen LogP contribution is 2.29. The van der Waals surface area contributed by atoms with Crippen LogP contribution in [0.5, 0.6) is 0 Å². The fourth-order valence-corrected chi connectivity index (χ4v) is 5.85. The van der Waals surface area contributed by atoms with Gasteiger partial charge >= 0.3 is 0 Å². The summed E-state index contributed by atoms with van der Waals surface area (Å²) >= 11 is 1.58. The first-order valence-electron chi connectivity index (χ1n) is 14.8. The number of rotatable bonds is 13. The smallest absolute Gasteiger partial charge is 0.270 e. The number of amides is 1. The van der Waals surface area contributed by atoms with Gasteiger partial charge in [-0.3, -0.25) is 9.69 Å². The quantitative estimate of drug-likeness (QED) is 0.176. The van der Waals surface area contributed by atoms with Crippen LogP contribution in [0.3, 0.4) is 0 Å². The molecule has 0 atom stereocenters. The number of nitrogens with one attached hydrogen (secondary N) is 1. The lowest BCUT2D eigenvalue weighted by Gasteiger charge is -2.26. The second-order valence-electron chi connectivity index (χ2n) is 12.4. The van der Waals surface area contributed by atoms with Crippen molar-refractivity contribution >= 4 is 17.2 Å². The molecular formula is C36H45N3OS. The summed E-state index contributed by atoms with van der Waals surface area (Å²) in [5.74, 6) is 0.787. The molecular weight excluding hydrogens is 522 g/mol. The maximum absolute atomic E-state index is 12.7. The minimum Gasteiger partial charge on any atom is -0.351 e. The molecule has 0 aliphatic rings. The summed E-state index contributed by atoms with van der Waals surface area (Å²) in [6.45, 7) is 14.2. The Morgan fingerprint density at radius 2 is 1.46 bits per heavy atom. The van der Waals surface area contributed by atoms with Crippen molar-refractivity contribution in [1.82, 2.24) is 15.2 Å². The molecule has 0 bridgehead atoms. The molecule has 0 aliphatic heterocycles. The summed E-state index contributed by atoms with van der Waals surface area (Å²) in [4.78, 5) is 19.9. The predicted octanol–water partition coefficient (Wildman–Crippen LogP) is 8.44. The van der Waals surface area contributed by atoms with Crippen molar-refractivity contribution in [3.63, 3.8) is 0 Å². The van der Waals surface area contributed by atoms with Crippen molar-refractivity contribution in [1.29, 1.82) is 0 Å². The molecule has 1 heterocycles. The van der Waals surface area contributed by atoms with Crippen molar-refractivity contribution in [2.45, 2.75) is 71.9 Å². The van der Waals surface area contributed by atoms with E-state index in [9.17, 15) is 4.79 Å². The number of nitrogens with zero attached hydrogens (tertiary/aromatic N) is 2. The van der Waals surface area contributed by atoms with Crippen molar-refractivity contribution in [2.24, 2.45) is 5.92 Å². The zero-order valence-electron chi connectivity index (χ0n) is 25.3. The van der Waals surface area contributed by atoms with Gasteiger partial charge in [0.25, 0.3) is 5.91 Å². The predicted molar refractivity (Wildman–Crippen MR) is 173 cm³/mol. The van der Waals surface area contributed by atoms with Crippen molar-refractivity contribution < 1.29 is 4.79 Å². The Balaban J connectivity index is 1.52. The van der Waals surface area contributed by atoms with Gasteiger partial charge in [0.1, 0.15) is 10.7 Å². The summed E-state index contributed by atoms with van der Waals surface area (Å²) in [6.07, 6.45) is 1.95. The van der Waals surface area contributed by atoms with Gasteiger partial charge in [0.15, 0.2) is 0 Å². The highest BCUT2D eigenvalue weighted by Gasteiger charge is 2.19. The summed E-state index contributed by atoms with van der Waals surface area (Å²) < 4.78 is 0. The van der Waals surface area contributed by atoms with Crippen LogP contribution in [-0.2, 0) is 18.5 Å². The summed E-state index contributed by atoms with van der Waals surface area (Å²) in [7, 11) is 0. The van der Waals surface area contributed by atoms with Crippen LogP contribution < -0.4 is 5.32 Å². The summed E-state index contributed by atoms with van der Waals surface area (Å²) in [5, 5.41) is 5.89. The monoisotopic (exact) mass is 567 g/mol. The third kappa shape index (κ3) is 9.37. The van der Waals surface area contributed by atoms with Gasteiger partial charge in [-0.25, -0.2) is 4.98 Å². The lowest BCUT2D eigenvalue weighted by atomic mass is 9.86. The first-order valence-corrected chi connectivity index (χ1v) is 15.7. The van der Waals surface area contributed by atoms with Gasteiger partial charge in [0.2, 0.25) is 0 Å². The number of hydrogen-bond donors (Lipinski definition) is 1. The largest absolute Gasteiger partial charge is 0.351 e. The van der Waals surface area contributed by atoms with Crippen LogP contribution >= 0.6 is 11.3 Å². The van der Waals surface area contributed by atoms with E-state index in [1.165, 1.54) is 22.3 Å². The van der Waals surface area contributed by atoms with Crippen LogP contribution in [0.1, 0.15) is 91.1 Å². The van der Waals surface area contributed by atoms with Crippen LogP contribution in [-0.4, -0.2) is 28.9 Å². The number of hydrogen-bond acceptors (Lipinski definition) is 4. The Kier molecular flexibility index (Phi) is 10.9. The Bertz CT molecular complexity index is 1300. The summed E-state index contributed by atoms with van der Waals surface area (Å²) in [6, 6.07) is 30.6. The van der Waals surface area contributed by atoms with Crippen molar-refractivity contribution in [2.75, 3.05) is 13.1 Å². The van der Waals surface area contributed by atoms with E-state index in [-0.39, 0.29) is 11.3 Å². The Morgan fingerprint density at radius 3 is 2.02 bits per heavy atom. The first-order chi connectivity index (χ1) is 19.7. The molecule has 1 aromatic heterocycles. The SMILES string of the molecule is CC(C)CCNC(=O)c1csc(CN(CCC(c2ccccc2)c2ccccc2)Cc2ccc(C(C)(C)C)cc2)n1. The van der Waals surface area contributed by atoms with E-state index in [0.717, 1.165) is 30.9 Å². The van der Waals surface area contributed by atoms with Crippen LogP contribution in [0, 0.1) is 5.92 Å². The number of benzene rings is 3. The van der Waals surface area contributed by atoms with E-state index >= 15 is 0 Å². The number of aromatic nitrogens is 1. The fraction of sp³-hybridized carbons (Fsp3) is 0.389. The summed E-state index contributed by atoms with van der Waals surface area (Å²) in [5.41, 5.74) is 5.95. The van der Waals surface area contributed by atoms with E-state index in [1.807, 2.05) is 5.38 Å². The van der Waals surface area contributed by atoms with Crippen molar-refractivity contribution in [3.8, 4) is 0 Å². The molecule has 0 saturated carbocycles. The second-order valence-corrected chi connectivity index (χ2v) is 13.3. The van der Waals surface area contributed by atoms with E-state index < -0.39 is 0 Å². The lowest BCUT2D eigenvalue weighted by molar-refractivity contribution is 0.0947. The number of thiazole rings is 1. The molecule has 216 valence electrons. The van der Waals surface area contributed by atoms with E-state index in [4.69, 9.17) is 4.98 Å². The van der Waals surface area contributed by atoms with Crippen molar-refractivity contribution in [3.05, 3.63) is 123 Å². The van der Waals surface area contributed by atoms with E-state index in [2.05, 4.69) is 130 Å². The van der Waals surface area contributed by atoms with Gasteiger partial charge < -0.3 is 5.32 Å². The second kappa shape index (κ2) is 14.6. The fourth-order valence-electron chi connectivity index (χ4n) is 5.03. The standard InChI is InChI=1S/C36H45N3OS/c1-27(2)20-22-37-35(40)33-26-41-34(38-33)25-39(24-28-16-18-31(19-17-28)36(3,4)5)23-21-32(29-12-8-6-9-13-29)30-14-10-7-11-15-30/h6-19,26-27,32H,20-25H2,1-5H3,(H,37,40). The van der Waals surface area contributed by atoms with Crippen LogP contribution in [0.4, 0.5) is 0 Å². The maximum atomic E-state index is 12.7. The lowest BCUT2D eigenvalue weighted by Crippen LogP contribution is -2.27. The number of carbonyl (C=O) groups is 1. The molecule has 41 heavy (non-hydrogen) atoms.